The highest BCUT2D eigenvalue weighted by molar-refractivity contribution is 7.17. The van der Waals surface area contributed by atoms with Crippen molar-refractivity contribution in [3.8, 4) is 11.5 Å². The summed E-state index contributed by atoms with van der Waals surface area (Å²) in [5.74, 6) is 1.10. The number of rotatable bonds is 5. The van der Waals surface area contributed by atoms with Crippen molar-refractivity contribution in [1.82, 2.24) is 15.6 Å². The lowest BCUT2D eigenvalue weighted by Gasteiger charge is -2.10. The molecule has 26 heavy (non-hydrogen) atoms. The molecule has 0 radical (unpaired) electrons. The van der Waals surface area contributed by atoms with Crippen LogP contribution in [0, 0.1) is 0 Å². The van der Waals surface area contributed by atoms with Crippen LogP contribution in [0.1, 0.15) is 27.3 Å². The van der Waals surface area contributed by atoms with E-state index < -0.39 is 0 Å². The Labute approximate surface area is 154 Å². The molecule has 1 aromatic heterocycles. The Kier molecular flexibility index (Phi) is 5.57. The van der Waals surface area contributed by atoms with Crippen LogP contribution in [-0.2, 0) is 13.0 Å². The second-order valence-electron chi connectivity index (χ2n) is 5.65. The highest BCUT2D eigenvalue weighted by Gasteiger charge is 2.21. The maximum Gasteiger partial charge on any atom is 0.321 e. The molecule has 1 aliphatic heterocycles. The van der Waals surface area contributed by atoms with Gasteiger partial charge in [-0.25, -0.2) is 9.78 Å². The van der Waals surface area contributed by atoms with E-state index in [1.54, 1.807) is 26.4 Å². The molecule has 0 fully saturated rings. The number of carbonyl (C=O) groups is 2. The second kappa shape index (κ2) is 8.05. The Hall–Kier alpha value is -2.81. The first-order valence-corrected chi connectivity index (χ1v) is 8.96. The van der Waals surface area contributed by atoms with Gasteiger partial charge in [0.05, 0.1) is 19.9 Å². The minimum Gasteiger partial charge on any atom is -0.493 e. The van der Waals surface area contributed by atoms with Crippen molar-refractivity contribution in [2.75, 3.05) is 26.1 Å². The Bertz CT molecular complexity index is 821. The summed E-state index contributed by atoms with van der Waals surface area (Å²) in [6.07, 6.45) is 1.56. The number of carbonyl (C=O) groups excluding carboxylic acids is 2. The number of nitrogens with one attached hydrogen (secondary N) is 3. The van der Waals surface area contributed by atoms with Crippen LogP contribution in [0.3, 0.4) is 0 Å². The van der Waals surface area contributed by atoms with Crippen molar-refractivity contribution in [2.24, 2.45) is 0 Å². The molecule has 2 aromatic rings. The van der Waals surface area contributed by atoms with Gasteiger partial charge in [-0.05, 0) is 30.5 Å². The Morgan fingerprint density at radius 1 is 1.31 bits per heavy atom. The van der Waals surface area contributed by atoms with Gasteiger partial charge in [-0.1, -0.05) is 17.4 Å². The standard InChI is InChI=1S/C17H20N4O4S/c1-24-12-6-5-10(8-13(12)25-2)9-19-16(23)21-17-20-11-4-3-7-18-15(22)14(11)26-17/h5-6,8H,3-4,7,9H2,1-2H3,(H,18,22)(H2,19,20,21,23). The molecule has 138 valence electrons. The monoisotopic (exact) mass is 376 g/mol. The third-order valence-electron chi connectivity index (χ3n) is 3.90. The molecule has 0 saturated heterocycles. The smallest absolute Gasteiger partial charge is 0.321 e. The van der Waals surface area contributed by atoms with E-state index in [4.69, 9.17) is 9.47 Å². The first-order chi connectivity index (χ1) is 12.6. The maximum absolute atomic E-state index is 12.1. The van der Waals surface area contributed by atoms with E-state index >= 15 is 0 Å². The lowest BCUT2D eigenvalue weighted by Crippen LogP contribution is -2.28. The van der Waals surface area contributed by atoms with Crippen LogP contribution in [0.15, 0.2) is 18.2 Å². The van der Waals surface area contributed by atoms with Gasteiger partial charge in [0.25, 0.3) is 5.91 Å². The number of thiazole rings is 1. The predicted molar refractivity (Wildman–Crippen MR) is 98.2 cm³/mol. The van der Waals surface area contributed by atoms with E-state index in [1.165, 1.54) is 11.3 Å². The van der Waals surface area contributed by atoms with Gasteiger partial charge in [-0.2, -0.15) is 0 Å². The van der Waals surface area contributed by atoms with Crippen LogP contribution in [0.5, 0.6) is 11.5 Å². The summed E-state index contributed by atoms with van der Waals surface area (Å²) in [5.41, 5.74) is 1.60. The van der Waals surface area contributed by atoms with E-state index in [-0.39, 0.29) is 11.9 Å². The third kappa shape index (κ3) is 4.05. The van der Waals surface area contributed by atoms with Crippen molar-refractivity contribution in [3.05, 3.63) is 34.3 Å². The van der Waals surface area contributed by atoms with Crippen LogP contribution in [-0.4, -0.2) is 37.7 Å². The first kappa shape index (κ1) is 18.0. The average molecular weight is 376 g/mol. The highest BCUT2D eigenvalue weighted by atomic mass is 32.1. The van der Waals surface area contributed by atoms with Crippen molar-refractivity contribution >= 4 is 28.4 Å². The lowest BCUT2D eigenvalue weighted by atomic mass is 10.2. The number of aromatic nitrogens is 1. The molecule has 9 heteroatoms. The van der Waals surface area contributed by atoms with E-state index in [2.05, 4.69) is 20.9 Å². The zero-order chi connectivity index (χ0) is 18.5. The number of urea groups is 1. The molecule has 3 rings (SSSR count). The molecule has 3 amide bonds. The van der Waals surface area contributed by atoms with Gasteiger partial charge in [-0.3, -0.25) is 10.1 Å². The Morgan fingerprint density at radius 2 is 2.12 bits per heavy atom. The summed E-state index contributed by atoms with van der Waals surface area (Å²) < 4.78 is 10.4. The number of hydrogen-bond donors (Lipinski definition) is 3. The summed E-state index contributed by atoms with van der Waals surface area (Å²) >= 11 is 1.19. The molecular formula is C17H20N4O4S. The SMILES string of the molecule is COc1ccc(CNC(=O)Nc2nc3c(s2)C(=O)NCCC3)cc1OC. The molecule has 0 atom stereocenters. The van der Waals surface area contributed by atoms with Crippen molar-refractivity contribution < 1.29 is 19.1 Å². The normalized spacial score (nSPS) is 13.2. The molecule has 0 aliphatic carbocycles. The van der Waals surface area contributed by atoms with Crippen LogP contribution >= 0.6 is 11.3 Å². The molecular weight excluding hydrogens is 356 g/mol. The second-order valence-corrected chi connectivity index (χ2v) is 6.65. The van der Waals surface area contributed by atoms with Crippen LogP contribution in [0.4, 0.5) is 9.93 Å². The van der Waals surface area contributed by atoms with Gasteiger partial charge in [-0.15, -0.1) is 0 Å². The Morgan fingerprint density at radius 3 is 2.88 bits per heavy atom. The molecule has 0 saturated carbocycles. The zero-order valence-corrected chi connectivity index (χ0v) is 15.4. The number of fused-ring (bicyclic) bond motifs is 1. The van der Waals surface area contributed by atoms with Gasteiger partial charge in [0.15, 0.2) is 16.6 Å². The van der Waals surface area contributed by atoms with E-state index in [0.29, 0.717) is 34.6 Å². The molecule has 2 heterocycles. The summed E-state index contributed by atoms with van der Waals surface area (Å²) in [5, 5.41) is 8.67. The maximum atomic E-state index is 12.1. The molecule has 1 aliphatic rings. The van der Waals surface area contributed by atoms with Crippen LogP contribution in [0.25, 0.3) is 0 Å². The number of hydrogen-bond acceptors (Lipinski definition) is 6. The summed E-state index contributed by atoms with van der Waals surface area (Å²) in [6.45, 7) is 0.967. The fourth-order valence-corrected chi connectivity index (χ4v) is 3.53. The number of aryl methyl sites for hydroxylation is 1. The highest BCUT2D eigenvalue weighted by Crippen LogP contribution is 2.28. The van der Waals surface area contributed by atoms with Gasteiger partial charge >= 0.3 is 6.03 Å². The molecule has 0 unspecified atom stereocenters. The number of ether oxygens (including phenoxy) is 2. The lowest BCUT2D eigenvalue weighted by molar-refractivity contribution is 0.0960. The average Bonchev–Trinajstić information content (AvgIpc) is 2.97. The number of methoxy groups -OCH3 is 2. The zero-order valence-electron chi connectivity index (χ0n) is 14.5. The van der Waals surface area contributed by atoms with E-state index in [1.807, 2.05) is 6.07 Å². The summed E-state index contributed by atoms with van der Waals surface area (Å²) in [6, 6.07) is 5.04. The first-order valence-electron chi connectivity index (χ1n) is 8.14. The molecule has 0 bridgehead atoms. The number of nitrogens with zero attached hydrogens (tertiary/aromatic N) is 1. The van der Waals surface area contributed by atoms with Gasteiger partial charge in [0, 0.05) is 13.1 Å². The quantitative estimate of drug-likeness (QED) is 0.742. The van der Waals surface area contributed by atoms with Crippen molar-refractivity contribution in [3.63, 3.8) is 0 Å². The number of benzene rings is 1. The minimum atomic E-state index is -0.385. The molecule has 3 N–H and O–H groups in total. The van der Waals surface area contributed by atoms with Crippen molar-refractivity contribution in [1.29, 1.82) is 0 Å². The number of amides is 3. The van der Waals surface area contributed by atoms with Crippen molar-refractivity contribution in [2.45, 2.75) is 19.4 Å². The third-order valence-corrected chi connectivity index (χ3v) is 4.91. The van der Waals surface area contributed by atoms with Crippen LogP contribution < -0.4 is 25.4 Å². The largest absolute Gasteiger partial charge is 0.493 e. The topological polar surface area (TPSA) is 102 Å². The summed E-state index contributed by atoms with van der Waals surface area (Å²) in [4.78, 5) is 29.0. The fraction of sp³-hybridized carbons (Fsp3) is 0.353. The van der Waals surface area contributed by atoms with E-state index in [0.717, 1.165) is 24.1 Å². The summed E-state index contributed by atoms with van der Waals surface area (Å²) in [7, 11) is 3.13. The minimum absolute atomic E-state index is 0.131. The number of anilines is 1. The van der Waals surface area contributed by atoms with Gasteiger partial charge in [0.1, 0.15) is 4.88 Å². The van der Waals surface area contributed by atoms with Crippen LogP contribution in [0.2, 0.25) is 0 Å². The molecule has 1 aromatic carbocycles. The Balaban J connectivity index is 1.60. The predicted octanol–water partition coefficient (Wildman–Crippen LogP) is 2.16. The fourth-order valence-electron chi connectivity index (χ4n) is 2.60. The molecule has 0 spiro atoms. The van der Waals surface area contributed by atoms with E-state index in [9.17, 15) is 9.59 Å². The van der Waals surface area contributed by atoms with Gasteiger partial charge < -0.3 is 20.1 Å². The van der Waals surface area contributed by atoms with Gasteiger partial charge in [0.2, 0.25) is 0 Å². The molecule has 8 nitrogen and oxygen atoms in total.